The van der Waals surface area contributed by atoms with Crippen molar-refractivity contribution < 1.29 is 18.8 Å². The van der Waals surface area contributed by atoms with E-state index in [9.17, 15) is 9.18 Å². The number of carbonyl (C=O) groups is 1. The van der Waals surface area contributed by atoms with E-state index >= 15 is 0 Å². The molecular formula is C15H20FN3O3. The van der Waals surface area contributed by atoms with Gasteiger partial charge in [-0.25, -0.2) is 14.8 Å². The Morgan fingerprint density at radius 2 is 2.27 bits per heavy atom. The zero-order chi connectivity index (χ0) is 16.1. The lowest BCUT2D eigenvalue weighted by atomic mass is 10.1. The van der Waals surface area contributed by atoms with E-state index < -0.39 is 12.0 Å². The van der Waals surface area contributed by atoms with E-state index in [4.69, 9.17) is 9.57 Å². The summed E-state index contributed by atoms with van der Waals surface area (Å²) in [6.07, 6.45) is 0.121. The highest BCUT2D eigenvalue weighted by Crippen LogP contribution is 2.23. The maximum atomic E-state index is 14.3. The largest absolute Gasteiger partial charge is 0.491 e. The highest BCUT2D eigenvalue weighted by atomic mass is 19.1. The minimum atomic E-state index is -0.635. The van der Waals surface area contributed by atoms with Gasteiger partial charge in [0, 0.05) is 13.5 Å². The minimum absolute atomic E-state index is 0.00199. The topological polar surface area (TPSA) is 63.2 Å². The van der Waals surface area contributed by atoms with Gasteiger partial charge in [-0.1, -0.05) is 18.2 Å². The molecule has 1 atom stereocenters. The van der Waals surface area contributed by atoms with Crippen LogP contribution in [-0.4, -0.2) is 36.7 Å². The van der Waals surface area contributed by atoms with Crippen LogP contribution in [0.2, 0.25) is 0 Å². The number of benzene rings is 1. The second-order valence-electron chi connectivity index (χ2n) is 4.68. The van der Waals surface area contributed by atoms with Crippen molar-refractivity contribution >= 4 is 11.7 Å². The fraction of sp³-hybridized carbons (Fsp3) is 0.467. The third-order valence-electron chi connectivity index (χ3n) is 3.22. The fourth-order valence-corrected chi connectivity index (χ4v) is 2.16. The number of halogens is 1. The molecule has 0 aromatic heterocycles. The van der Waals surface area contributed by atoms with Crippen molar-refractivity contribution in [2.75, 3.05) is 13.7 Å². The van der Waals surface area contributed by atoms with E-state index in [-0.39, 0.29) is 23.5 Å². The molecule has 0 bridgehead atoms. The van der Waals surface area contributed by atoms with Crippen molar-refractivity contribution in [1.29, 1.82) is 0 Å². The Balaban J connectivity index is 2.15. The molecule has 1 aromatic carbocycles. The molecule has 1 N–H and O–H groups in total. The van der Waals surface area contributed by atoms with Gasteiger partial charge in [0.25, 0.3) is 0 Å². The molecule has 0 saturated heterocycles. The number of ketones is 1. The summed E-state index contributed by atoms with van der Waals surface area (Å²) in [4.78, 5) is 22.1. The lowest BCUT2D eigenvalue weighted by Crippen LogP contribution is -2.40. The van der Waals surface area contributed by atoms with Crippen LogP contribution in [0.3, 0.4) is 0 Å². The van der Waals surface area contributed by atoms with Crippen LogP contribution in [0.5, 0.6) is 5.75 Å². The molecule has 2 rings (SSSR count). The smallest absolute Gasteiger partial charge is 0.213 e. The highest BCUT2D eigenvalue weighted by molar-refractivity contribution is 5.97. The van der Waals surface area contributed by atoms with Crippen molar-refractivity contribution in [3.05, 3.63) is 29.6 Å². The Bertz CT molecular complexity index is 577. The van der Waals surface area contributed by atoms with Gasteiger partial charge in [-0.3, -0.25) is 4.79 Å². The summed E-state index contributed by atoms with van der Waals surface area (Å²) >= 11 is 0. The first-order valence-electron chi connectivity index (χ1n) is 7.26. The van der Waals surface area contributed by atoms with Gasteiger partial charge in [0.05, 0.1) is 18.6 Å². The summed E-state index contributed by atoms with van der Waals surface area (Å²) in [6, 6.07) is 4.55. The summed E-state index contributed by atoms with van der Waals surface area (Å²) in [5, 5.41) is 1.39. The van der Waals surface area contributed by atoms with Crippen molar-refractivity contribution in [3.8, 4) is 5.75 Å². The molecule has 0 amide bonds. The quantitative estimate of drug-likeness (QED) is 0.783. The molecule has 1 heterocycles. The molecule has 22 heavy (non-hydrogen) atoms. The molecule has 120 valence electrons. The standard InChI is InChI=1S/C15H20FN3O3/c1-4-14-18-13(19(17-3)22-14)9-11(20)10-7-6-8-12(15(10)16)21-5-2/h6-8,13,17H,4-5,9H2,1-3H3. The Kier molecular flexibility index (Phi) is 5.46. The molecule has 1 unspecified atom stereocenters. The van der Waals surface area contributed by atoms with Gasteiger partial charge in [0.2, 0.25) is 5.90 Å². The average Bonchev–Trinajstić information content (AvgIpc) is 2.91. The number of nitrogens with one attached hydrogen (secondary N) is 1. The molecule has 1 aromatic rings. The first-order valence-corrected chi connectivity index (χ1v) is 7.26. The summed E-state index contributed by atoms with van der Waals surface area (Å²) in [6.45, 7) is 4.00. The van der Waals surface area contributed by atoms with Crippen molar-refractivity contribution in [2.24, 2.45) is 4.99 Å². The van der Waals surface area contributed by atoms with Crippen LogP contribution >= 0.6 is 0 Å². The number of hydrazine groups is 1. The molecular weight excluding hydrogens is 289 g/mol. The minimum Gasteiger partial charge on any atom is -0.491 e. The van der Waals surface area contributed by atoms with E-state index in [2.05, 4.69) is 10.4 Å². The Labute approximate surface area is 128 Å². The van der Waals surface area contributed by atoms with Gasteiger partial charge < -0.3 is 9.57 Å². The zero-order valence-electron chi connectivity index (χ0n) is 12.9. The van der Waals surface area contributed by atoms with Gasteiger partial charge in [0.1, 0.15) is 0 Å². The number of rotatable bonds is 7. The second kappa shape index (κ2) is 7.33. The number of aliphatic imine (C=N–C) groups is 1. The van der Waals surface area contributed by atoms with Crippen LogP contribution in [-0.2, 0) is 4.84 Å². The second-order valence-corrected chi connectivity index (χ2v) is 4.68. The summed E-state index contributed by atoms with van der Waals surface area (Å²) in [5.74, 6) is -0.368. The predicted molar refractivity (Wildman–Crippen MR) is 80.0 cm³/mol. The predicted octanol–water partition coefficient (Wildman–Crippen LogP) is 2.31. The van der Waals surface area contributed by atoms with Gasteiger partial charge >= 0.3 is 0 Å². The number of Topliss-reactive ketones (excluding diaryl/α,β-unsaturated/α-hetero) is 1. The van der Waals surface area contributed by atoms with Gasteiger partial charge in [-0.15, -0.1) is 0 Å². The lowest BCUT2D eigenvalue weighted by Gasteiger charge is -2.19. The van der Waals surface area contributed by atoms with Gasteiger partial charge in [-0.2, -0.15) is 0 Å². The highest BCUT2D eigenvalue weighted by Gasteiger charge is 2.30. The van der Waals surface area contributed by atoms with Crippen LogP contribution in [0, 0.1) is 5.82 Å². The first-order chi connectivity index (χ1) is 10.6. The van der Waals surface area contributed by atoms with Crippen LogP contribution < -0.4 is 10.2 Å². The molecule has 7 heteroatoms. The molecule has 0 spiro atoms. The molecule has 1 aliphatic rings. The third-order valence-corrected chi connectivity index (χ3v) is 3.22. The maximum absolute atomic E-state index is 14.3. The number of ether oxygens (including phenoxy) is 1. The Morgan fingerprint density at radius 1 is 1.50 bits per heavy atom. The molecule has 1 aliphatic heterocycles. The zero-order valence-corrected chi connectivity index (χ0v) is 12.9. The average molecular weight is 309 g/mol. The van der Waals surface area contributed by atoms with Crippen LogP contribution in [0.4, 0.5) is 4.39 Å². The van der Waals surface area contributed by atoms with Crippen LogP contribution in [0.1, 0.15) is 37.0 Å². The SMILES string of the molecule is CCOc1cccc(C(=O)CC2N=C(CC)ON2NC)c1F. The molecule has 0 aliphatic carbocycles. The summed E-state index contributed by atoms with van der Waals surface area (Å²) < 4.78 is 19.4. The van der Waals surface area contributed by atoms with Crippen molar-refractivity contribution in [3.63, 3.8) is 0 Å². The van der Waals surface area contributed by atoms with Gasteiger partial charge in [-0.05, 0) is 19.1 Å². The Morgan fingerprint density at radius 3 is 2.91 bits per heavy atom. The first kappa shape index (κ1) is 16.4. The maximum Gasteiger partial charge on any atom is 0.213 e. The number of hydroxylamine groups is 1. The summed E-state index contributed by atoms with van der Waals surface area (Å²) in [5.41, 5.74) is 2.81. The lowest BCUT2D eigenvalue weighted by molar-refractivity contribution is -0.123. The van der Waals surface area contributed by atoms with E-state index in [1.54, 1.807) is 20.0 Å². The number of hydrogen-bond donors (Lipinski definition) is 1. The monoisotopic (exact) mass is 309 g/mol. The van der Waals surface area contributed by atoms with E-state index in [0.29, 0.717) is 18.9 Å². The normalized spacial score (nSPS) is 18.0. The number of carbonyl (C=O) groups excluding carboxylic acids is 1. The summed E-state index contributed by atoms with van der Waals surface area (Å²) in [7, 11) is 1.67. The molecule has 0 fully saturated rings. The van der Waals surface area contributed by atoms with E-state index in [1.807, 2.05) is 6.92 Å². The van der Waals surface area contributed by atoms with Crippen LogP contribution in [0.25, 0.3) is 0 Å². The number of hydrogen-bond acceptors (Lipinski definition) is 6. The van der Waals surface area contributed by atoms with E-state index in [0.717, 1.165) is 0 Å². The van der Waals surface area contributed by atoms with Gasteiger partial charge in [0.15, 0.2) is 23.5 Å². The molecule has 0 radical (unpaired) electrons. The van der Waals surface area contributed by atoms with Crippen LogP contribution in [0.15, 0.2) is 23.2 Å². The molecule has 0 saturated carbocycles. The van der Waals surface area contributed by atoms with Crippen molar-refractivity contribution in [1.82, 2.24) is 10.6 Å². The number of nitrogens with zero attached hydrogens (tertiary/aromatic N) is 2. The molecule has 6 nitrogen and oxygen atoms in total. The Hall–Kier alpha value is -1.99. The van der Waals surface area contributed by atoms with Crippen molar-refractivity contribution in [2.45, 2.75) is 32.9 Å². The third kappa shape index (κ3) is 3.42. The van der Waals surface area contributed by atoms with E-state index in [1.165, 1.54) is 17.3 Å². The fourth-order valence-electron chi connectivity index (χ4n) is 2.16.